The third-order valence-electron chi connectivity index (χ3n) is 6.88. The molecule has 0 bridgehead atoms. The van der Waals surface area contributed by atoms with Crippen LogP contribution in [0.25, 0.3) is 22.3 Å². The Labute approximate surface area is 237 Å². The van der Waals surface area contributed by atoms with E-state index in [-0.39, 0.29) is 40.9 Å². The molecule has 0 saturated carbocycles. The van der Waals surface area contributed by atoms with Crippen molar-refractivity contribution in [3.8, 4) is 22.3 Å². The molecule has 36 heavy (non-hydrogen) atoms. The van der Waals surface area contributed by atoms with Crippen LogP contribution >= 0.6 is 11.6 Å². The number of halogens is 1. The van der Waals surface area contributed by atoms with Gasteiger partial charge in [-0.15, -0.1) is 0 Å². The summed E-state index contributed by atoms with van der Waals surface area (Å²) >= 11 is 6.34. The molecule has 0 aliphatic heterocycles. The van der Waals surface area contributed by atoms with Gasteiger partial charge < -0.3 is 1.43 Å². The Morgan fingerprint density at radius 3 is 1.67 bits per heavy atom. The zero-order valence-electron chi connectivity index (χ0n) is 19.9. The Kier molecular flexibility index (Phi) is 6.26. The minimum Gasteiger partial charge on any atom is -1.00 e. The van der Waals surface area contributed by atoms with Crippen LogP contribution in [0.3, 0.4) is 0 Å². The molecule has 6 rings (SSSR count). The quantitative estimate of drug-likeness (QED) is 0.301. The van der Waals surface area contributed by atoms with Gasteiger partial charge in [-0.2, -0.15) is 16.8 Å². The summed E-state index contributed by atoms with van der Waals surface area (Å²) in [6.07, 6.45) is 0. The molecule has 2 aliphatic carbocycles. The molecule has 10 heteroatoms. The average molecular weight is 549 g/mol. The van der Waals surface area contributed by atoms with E-state index in [9.17, 15) is 25.9 Å². The van der Waals surface area contributed by atoms with Gasteiger partial charge in [-0.3, -0.25) is 9.11 Å². The first-order valence-electron chi connectivity index (χ1n) is 10.7. The van der Waals surface area contributed by atoms with Crippen molar-refractivity contribution < 1.29 is 56.9 Å². The van der Waals surface area contributed by atoms with Crippen LogP contribution in [-0.4, -0.2) is 25.9 Å². The molecular formula is C26H18ClNaO6S2. The molecule has 0 fully saturated rings. The summed E-state index contributed by atoms with van der Waals surface area (Å²) in [5, 5.41) is -0.126. The van der Waals surface area contributed by atoms with E-state index in [1.54, 1.807) is 18.2 Å². The number of fused-ring (bicyclic) bond motifs is 6. The maximum Gasteiger partial charge on any atom is 1.00 e. The van der Waals surface area contributed by atoms with Gasteiger partial charge in [-0.25, -0.2) is 0 Å². The fourth-order valence-electron chi connectivity index (χ4n) is 5.73. The third-order valence-corrected chi connectivity index (χ3v) is 9.17. The monoisotopic (exact) mass is 548 g/mol. The number of hydrogen-bond donors (Lipinski definition) is 2. The molecule has 2 unspecified atom stereocenters. The second kappa shape index (κ2) is 8.79. The summed E-state index contributed by atoms with van der Waals surface area (Å²) in [5.74, 6) is -1.36. The van der Waals surface area contributed by atoms with Crippen LogP contribution in [0.1, 0.15) is 35.5 Å². The largest absolute Gasteiger partial charge is 1.00 e. The van der Waals surface area contributed by atoms with E-state index in [0.717, 1.165) is 22.3 Å². The molecule has 0 heterocycles. The molecule has 0 radical (unpaired) electrons. The first-order chi connectivity index (χ1) is 16.6. The van der Waals surface area contributed by atoms with E-state index in [4.69, 9.17) is 11.6 Å². The van der Waals surface area contributed by atoms with Gasteiger partial charge in [-0.1, -0.05) is 78.3 Å². The van der Waals surface area contributed by atoms with E-state index in [1.165, 1.54) is 12.1 Å². The number of hydrogen-bond acceptors (Lipinski definition) is 4. The summed E-state index contributed by atoms with van der Waals surface area (Å²) in [6.45, 7) is 0. The minimum atomic E-state index is -4.73. The van der Waals surface area contributed by atoms with Gasteiger partial charge in [0, 0.05) is 11.8 Å². The standard InChI is InChI=1S/C26H17ClO6S2.Na.H/c27-20-13-12-19-15-7-2-4-9-18(15)24(25(19)26(20)35(31,32)33)23-17-8-3-1-6-14(17)16-10-5-11-21(22(16)23)34(28,29)30;;/h1-13,23-24H,(H,28,29,30)(H,31,32,33);;/q;+1;-1. The Morgan fingerprint density at radius 2 is 1.11 bits per heavy atom. The second-order valence-electron chi connectivity index (χ2n) is 8.64. The van der Waals surface area contributed by atoms with Gasteiger partial charge >= 0.3 is 29.6 Å². The summed E-state index contributed by atoms with van der Waals surface area (Å²) < 4.78 is 70.4. The Hall–Kier alpha value is -2.01. The molecule has 0 amide bonds. The van der Waals surface area contributed by atoms with Crippen molar-refractivity contribution >= 4 is 31.8 Å². The summed E-state index contributed by atoms with van der Waals surface area (Å²) in [5.41, 5.74) is 5.03. The molecular weight excluding hydrogens is 531 g/mol. The predicted molar refractivity (Wildman–Crippen MR) is 133 cm³/mol. The van der Waals surface area contributed by atoms with E-state index in [0.29, 0.717) is 22.3 Å². The molecule has 2 aliphatic rings. The maximum absolute atomic E-state index is 12.6. The van der Waals surface area contributed by atoms with Crippen LogP contribution in [-0.2, 0) is 20.2 Å². The zero-order chi connectivity index (χ0) is 24.7. The van der Waals surface area contributed by atoms with Crippen molar-refractivity contribution in [2.24, 2.45) is 0 Å². The molecule has 0 saturated heterocycles. The van der Waals surface area contributed by atoms with Crippen molar-refractivity contribution in [1.82, 2.24) is 0 Å². The van der Waals surface area contributed by atoms with Crippen molar-refractivity contribution in [2.45, 2.75) is 21.6 Å². The minimum absolute atomic E-state index is 0. The average Bonchev–Trinajstić information content (AvgIpc) is 3.29. The zero-order valence-corrected chi connectivity index (χ0v) is 23.3. The molecule has 6 nitrogen and oxygen atoms in total. The van der Waals surface area contributed by atoms with Crippen molar-refractivity contribution in [3.05, 3.63) is 106 Å². The Bertz CT molecular complexity index is 1790. The second-order valence-corrected chi connectivity index (χ2v) is 11.8. The predicted octanol–water partition coefficient (Wildman–Crippen LogP) is 2.87. The van der Waals surface area contributed by atoms with Crippen LogP contribution in [0, 0.1) is 0 Å². The first-order valence-corrected chi connectivity index (χ1v) is 13.9. The van der Waals surface area contributed by atoms with Crippen molar-refractivity contribution in [2.75, 3.05) is 0 Å². The number of rotatable bonds is 3. The molecule has 0 aromatic heterocycles. The molecule has 0 spiro atoms. The van der Waals surface area contributed by atoms with Crippen LogP contribution in [0.15, 0.2) is 88.7 Å². The fourth-order valence-corrected chi connectivity index (χ4v) is 7.79. The van der Waals surface area contributed by atoms with Crippen LogP contribution in [0.4, 0.5) is 0 Å². The third kappa shape index (κ3) is 3.71. The summed E-state index contributed by atoms with van der Waals surface area (Å²) in [4.78, 5) is -0.634. The van der Waals surface area contributed by atoms with Crippen molar-refractivity contribution in [1.29, 1.82) is 0 Å². The van der Waals surface area contributed by atoms with E-state index >= 15 is 0 Å². The maximum atomic E-state index is 12.6. The molecule has 2 atom stereocenters. The van der Waals surface area contributed by atoms with Crippen LogP contribution < -0.4 is 29.6 Å². The Balaban J connectivity index is 0.00000160. The topological polar surface area (TPSA) is 109 Å². The van der Waals surface area contributed by atoms with Crippen LogP contribution in [0.2, 0.25) is 5.02 Å². The van der Waals surface area contributed by atoms with Gasteiger partial charge in [0.15, 0.2) is 0 Å². The van der Waals surface area contributed by atoms with Gasteiger partial charge in [0.05, 0.1) is 9.92 Å². The van der Waals surface area contributed by atoms with Gasteiger partial charge in [0.25, 0.3) is 20.2 Å². The first kappa shape index (κ1) is 25.6. The SMILES string of the molecule is O=S(=O)(O)c1cccc2c1C(C1c3ccccc3-c3ccc(Cl)c(S(=O)(=O)O)c31)c1ccccc1-2.[H-].[Na+]. The molecule has 4 aromatic rings. The van der Waals surface area contributed by atoms with Crippen molar-refractivity contribution in [3.63, 3.8) is 0 Å². The van der Waals surface area contributed by atoms with Gasteiger partial charge in [0.2, 0.25) is 0 Å². The van der Waals surface area contributed by atoms with E-state index in [2.05, 4.69) is 0 Å². The molecule has 4 aromatic carbocycles. The Morgan fingerprint density at radius 1 is 0.611 bits per heavy atom. The normalized spacial score (nSPS) is 17.5. The summed E-state index contributed by atoms with van der Waals surface area (Å²) in [6, 6.07) is 22.6. The fraction of sp³-hybridized carbons (Fsp3) is 0.0769. The molecule has 178 valence electrons. The number of benzene rings is 4. The van der Waals surface area contributed by atoms with Gasteiger partial charge in [-0.05, 0) is 56.6 Å². The van der Waals surface area contributed by atoms with E-state index in [1.807, 2.05) is 48.5 Å². The van der Waals surface area contributed by atoms with Crippen LogP contribution in [0.5, 0.6) is 0 Å². The summed E-state index contributed by atoms with van der Waals surface area (Å²) in [7, 11) is -9.34. The van der Waals surface area contributed by atoms with Gasteiger partial charge in [0.1, 0.15) is 4.90 Å². The smallest absolute Gasteiger partial charge is 1.00 e. The molecule has 2 N–H and O–H groups in total. The van der Waals surface area contributed by atoms with E-state index < -0.39 is 37.0 Å².